The number of hydrogen-bond donors (Lipinski definition) is 1. The van der Waals surface area contributed by atoms with Crippen molar-refractivity contribution in [3.63, 3.8) is 0 Å². The monoisotopic (exact) mass is 468 g/mol. The Morgan fingerprint density at radius 1 is 1.24 bits per heavy atom. The lowest BCUT2D eigenvalue weighted by Gasteiger charge is -2.40. The number of hydrogen-bond acceptors (Lipinski definition) is 6. The van der Waals surface area contributed by atoms with Crippen molar-refractivity contribution >= 4 is 34.6 Å². The van der Waals surface area contributed by atoms with Crippen LogP contribution in [-0.4, -0.2) is 49.9 Å². The van der Waals surface area contributed by atoms with Gasteiger partial charge in [-0.2, -0.15) is 20.0 Å². The number of likely N-dealkylation sites (tertiary alicyclic amines) is 1. The van der Waals surface area contributed by atoms with E-state index in [2.05, 4.69) is 27.4 Å². The van der Waals surface area contributed by atoms with Crippen molar-refractivity contribution in [1.29, 1.82) is 0 Å². The van der Waals surface area contributed by atoms with E-state index >= 15 is 0 Å². The van der Waals surface area contributed by atoms with Crippen LogP contribution in [0, 0.1) is 11.7 Å². The fourth-order valence-electron chi connectivity index (χ4n) is 4.32. The molecule has 33 heavy (non-hydrogen) atoms. The summed E-state index contributed by atoms with van der Waals surface area (Å²) >= 11 is 6.03. The van der Waals surface area contributed by atoms with Crippen molar-refractivity contribution in [2.45, 2.75) is 25.8 Å². The van der Waals surface area contributed by atoms with Crippen molar-refractivity contribution in [1.82, 2.24) is 24.9 Å². The number of amides is 1. The zero-order valence-electron chi connectivity index (χ0n) is 17.9. The molecule has 1 saturated heterocycles. The fraction of sp³-hybridized carbons (Fsp3) is 0.304. The number of nitrogens with one attached hydrogen (secondary N) is 1. The minimum atomic E-state index is -0.458. The molecule has 5 rings (SSSR count). The van der Waals surface area contributed by atoms with Gasteiger partial charge in [0.1, 0.15) is 17.0 Å². The minimum Gasteiger partial charge on any atom is -0.424 e. The molecule has 3 heterocycles. The van der Waals surface area contributed by atoms with Crippen LogP contribution in [0.3, 0.4) is 0 Å². The molecule has 1 N–H and O–H groups in total. The van der Waals surface area contributed by atoms with Gasteiger partial charge in [-0.25, -0.2) is 4.39 Å². The van der Waals surface area contributed by atoms with E-state index in [0.717, 1.165) is 12.8 Å². The van der Waals surface area contributed by atoms with Gasteiger partial charge in [-0.3, -0.25) is 4.79 Å². The first-order valence-corrected chi connectivity index (χ1v) is 11.1. The van der Waals surface area contributed by atoms with E-state index in [1.807, 2.05) is 4.90 Å². The number of benzene rings is 2. The Morgan fingerprint density at radius 2 is 2.06 bits per heavy atom. The molecule has 1 aliphatic heterocycles. The molecule has 2 unspecified atom stereocenters. The Labute approximate surface area is 194 Å². The average Bonchev–Trinajstić information content (AvgIpc) is 3.47. The second kappa shape index (κ2) is 8.82. The molecule has 1 amide bonds. The third kappa shape index (κ3) is 4.28. The number of halogens is 2. The molecule has 170 valence electrons. The van der Waals surface area contributed by atoms with Crippen LogP contribution in [0.4, 0.5) is 10.4 Å². The zero-order valence-corrected chi connectivity index (χ0v) is 18.7. The van der Waals surface area contributed by atoms with E-state index < -0.39 is 5.82 Å². The molecular formula is C23H22ClFN6O2. The van der Waals surface area contributed by atoms with Crippen molar-refractivity contribution in [3.8, 4) is 5.69 Å². The molecule has 0 spiro atoms. The lowest BCUT2D eigenvalue weighted by Crippen LogP contribution is -2.51. The van der Waals surface area contributed by atoms with Gasteiger partial charge in [0.15, 0.2) is 5.58 Å². The highest BCUT2D eigenvalue weighted by Crippen LogP contribution is 2.28. The molecule has 1 aliphatic rings. The number of anilines is 1. The van der Waals surface area contributed by atoms with Gasteiger partial charge >= 0.3 is 0 Å². The molecule has 0 radical (unpaired) electrons. The number of carbonyl (C=O) groups is 1. The SMILES string of the molecule is CC1CCCN(C(=O)c2ccc(F)cc2-n2nccn2)C1CNc1nc2ccc(Cl)cc2o1. The maximum absolute atomic E-state index is 14.0. The molecular weight excluding hydrogens is 447 g/mol. The van der Waals surface area contributed by atoms with Gasteiger partial charge < -0.3 is 14.6 Å². The van der Waals surface area contributed by atoms with Gasteiger partial charge in [0, 0.05) is 30.2 Å². The summed E-state index contributed by atoms with van der Waals surface area (Å²) in [5.74, 6) is -0.397. The lowest BCUT2D eigenvalue weighted by atomic mass is 9.90. The van der Waals surface area contributed by atoms with E-state index in [0.29, 0.717) is 46.5 Å². The number of oxazole rings is 1. The van der Waals surface area contributed by atoms with Crippen molar-refractivity contribution in [2.24, 2.45) is 5.92 Å². The summed E-state index contributed by atoms with van der Waals surface area (Å²) in [5, 5.41) is 12.0. The first-order chi connectivity index (χ1) is 16.0. The second-order valence-corrected chi connectivity index (χ2v) is 8.61. The van der Waals surface area contributed by atoms with E-state index in [9.17, 15) is 9.18 Å². The predicted molar refractivity (Wildman–Crippen MR) is 122 cm³/mol. The molecule has 0 bridgehead atoms. The van der Waals surface area contributed by atoms with Crippen LogP contribution in [0.15, 0.2) is 53.2 Å². The number of piperidine rings is 1. The van der Waals surface area contributed by atoms with Crippen molar-refractivity contribution in [2.75, 3.05) is 18.4 Å². The van der Waals surface area contributed by atoms with Gasteiger partial charge in [-0.15, -0.1) is 0 Å². The molecule has 2 aromatic carbocycles. The Kier molecular flexibility index (Phi) is 5.72. The highest BCUT2D eigenvalue weighted by molar-refractivity contribution is 6.31. The van der Waals surface area contributed by atoms with Crippen LogP contribution in [0.2, 0.25) is 5.02 Å². The highest BCUT2D eigenvalue weighted by atomic mass is 35.5. The second-order valence-electron chi connectivity index (χ2n) is 8.18. The van der Waals surface area contributed by atoms with Crippen molar-refractivity contribution in [3.05, 3.63) is 65.2 Å². The minimum absolute atomic E-state index is 0.103. The maximum atomic E-state index is 14.0. The van der Waals surface area contributed by atoms with Gasteiger partial charge in [-0.1, -0.05) is 18.5 Å². The molecule has 1 fully saturated rings. The van der Waals surface area contributed by atoms with E-state index in [4.69, 9.17) is 16.0 Å². The molecule has 2 atom stereocenters. The largest absolute Gasteiger partial charge is 0.424 e. The standard InChI is InChI=1S/C23H22ClFN6O2/c1-14-3-2-10-30(20(14)13-26-23-29-18-7-4-15(24)11-21(18)33-23)22(32)17-6-5-16(25)12-19(17)31-27-8-9-28-31/h4-9,11-12,14,20H,2-3,10,13H2,1H3,(H,26,29). The lowest BCUT2D eigenvalue weighted by molar-refractivity contribution is 0.0539. The summed E-state index contributed by atoms with van der Waals surface area (Å²) in [6, 6.07) is 9.59. The van der Waals surface area contributed by atoms with Crippen LogP contribution >= 0.6 is 11.6 Å². The van der Waals surface area contributed by atoms with Gasteiger partial charge in [0.2, 0.25) is 0 Å². The summed E-state index contributed by atoms with van der Waals surface area (Å²) in [4.78, 5) is 21.2. The van der Waals surface area contributed by atoms with Crippen LogP contribution < -0.4 is 5.32 Å². The Bertz CT molecular complexity index is 1290. The van der Waals surface area contributed by atoms with Crippen LogP contribution in [0.5, 0.6) is 0 Å². The molecule has 0 saturated carbocycles. The van der Waals surface area contributed by atoms with Gasteiger partial charge in [0.25, 0.3) is 11.9 Å². The molecule has 4 aromatic rings. The third-order valence-electron chi connectivity index (χ3n) is 6.01. The number of carbonyl (C=O) groups excluding carboxylic acids is 1. The number of fused-ring (bicyclic) bond motifs is 1. The Morgan fingerprint density at radius 3 is 2.88 bits per heavy atom. The predicted octanol–water partition coefficient (Wildman–Crippen LogP) is 4.55. The molecule has 8 nitrogen and oxygen atoms in total. The van der Waals surface area contributed by atoms with Crippen molar-refractivity contribution < 1.29 is 13.6 Å². The number of aromatic nitrogens is 4. The maximum Gasteiger partial charge on any atom is 0.295 e. The Balaban J connectivity index is 1.40. The van der Waals surface area contributed by atoms with Crippen LogP contribution in [0.25, 0.3) is 16.8 Å². The van der Waals surface area contributed by atoms with E-state index in [-0.39, 0.29) is 17.9 Å². The summed E-state index contributed by atoms with van der Waals surface area (Å²) in [5.41, 5.74) is 1.96. The van der Waals surface area contributed by atoms with E-state index in [1.54, 1.807) is 18.2 Å². The molecule has 2 aromatic heterocycles. The Hall–Kier alpha value is -3.46. The van der Waals surface area contributed by atoms with Gasteiger partial charge in [-0.05, 0) is 43.0 Å². The first kappa shape index (κ1) is 21.4. The number of nitrogens with zero attached hydrogens (tertiary/aromatic N) is 5. The zero-order chi connectivity index (χ0) is 22.9. The van der Waals surface area contributed by atoms with Crippen LogP contribution in [-0.2, 0) is 0 Å². The molecule has 10 heteroatoms. The summed E-state index contributed by atoms with van der Waals surface area (Å²) in [6.07, 6.45) is 4.86. The fourth-order valence-corrected chi connectivity index (χ4v) is 4.49. The topological polar surface area (TPSA) is 89.1 Å². The summed E-state index contributed by atoms with van der Waals surface area (Å²) < 4.78 is 19.7. The van der Waals surface area contributed by atoms with Gasteiger partial charge in [0.05, 0.1) is 24.0 Å². The summed E-state index contributed by atoms with van der Waals surface area (Å²) in [6.45, 7) is 3.18. The first-order valence-electron chi connectivity index (χ1n) is 10.8. The summed E-state index contributed by atoms with van der Waals surface area (Å²) in [7, 11) is 0. The normalized spacial score (nSPS) is 18.6. The third-order valence-corrected chi connectivity index (χ3v) is 6.25. The number of rotatable bonds is 5. The average molecular weight is 469 g/mol. The molecule has 0 aliphatic carbocycles. The van der Waals surface area contributed by atoms with Crippen LogP contribution in [0.1, 0.15) is 30.1 Å². The van der Waals surface area contributed by atoms with E-state index in [1.165, 1.54) is 35.4 Å². The smallest absolute Gasteiger partial charge is 0.295 e. The highest BCUT2D eigenvalue weighted by Gasteiger charge is 2.34. The quantitative estimate of drug-likeness (QED) is 0.462.